The monoisotopic (exact) mass is 421 g/mol. The number of nitrogens with two attached hydrogens (primary N) is 2. The number of rotatable bonds is 5. The highest BCUT2D eigenvalue weighted by Gasteiger charge is 2.43. The van der Waals surface area contributed by atoms with Crippen LogP contribution in [0.3, 0.4) is 0 Å². The zero-order valence-electron chi connectivity index (χ0n) is 18.1. The number of piperazine rings is 1. The zero-order chi connectivity index (χ0) is 22.0. The number of carbonyl (C=O) groups excluding carboxylic acids is 2. The minimum absolute atomic E-state index is 0.000788. The second-order valence-corrected chi connectivity index (χ2v) is 8.50. The number of nitrogens with one attached hydrogen (secondary N) is 1. The lowest BCUT2D eigenvalue weighted by Gasteiger charge is -2.43. The fourth-order valence-corrected chi connectivity index (χ4v) is 4.35. The van der Waals surface area contributed by atoms with E-state index in [9.17, 15) is 9.59 Å². The van der Waals surface area contributed by atoms with Crippen molar-refractivity contribution < 1.29 is 9.59 Å². The molecule has 0 spiro atoms. The summed E-state index contributed by atoms with van der Waals surface area (Å²) in [6.45, 7) is 2.64. The van der Waals surface area contributed by atoms with Crippen LogP contribution in [0.1, 0.15) is 35.2 Å². The SMILES string of the molecule is CNc1cc(-c2ccc(C(=O)N3CCN(C(=O)C4(N)CCC4)CC3)cc2)ccc1CN. The van der Waals surface area contributed by atoms with Crippen molar-refractivity contribution in [3.8, 4) is 11.1 Å². The van der Waals surface area contributed by atoms with Gasteiger partial charge >= 0.3 is 0 Å². The third kappa shape index (κ3) is 4.16. The molecule has 0 aromatic heterocycles. The molecule has 1 heterocycles. The second-order valence-electron chi connectivity index (χ2n) is 8.50. The molecule has 2 aromatic carbocycles. The molecule has 31 heavy (non-hydrogen) atoms. The molecule has 1 aliphatic carbocycles. The maximum atomic E-state index is 12.9. The first kappa shape index (κ1) is 21.3. The maximum absolute atomic E-state index is 12.9. The third-order valence-electron chi connectivity index (χ3n) is 6.59. The molecule has 1 saturated carbocycles. The molecule has 2 amide bonds. The van der Waals surface area contributed by atoms with E-state index < -0.39 is 5.54 Å². The molecule has 4 rings (SSSR count). The van der Waals surface area contributed by atoms with Crippen LogP contribution in [0.4, 0.5) is 5.69 Å². The van der Waals surface area contributed by atoms with Crippen LogP contribution in [0.15, 0.2) is 42.5 Å². The van der Waals surface area contributed by atoms with Gasteiger partial charge in [0.05, 0.1) is 5.54 Å². The summed E-state index contributed by atoms with van der Waals surface area (Å²) in [5.41, 5.74) is 16.1. The summed E-state index contributed by atoms with van der Waals surface area (Å²) in [7, 11) is 1.88. The van der Waals surface area contributed by atoms with Gasteiger partial charge < -0.3 is 26.6 Å². The first-order chi connectivity index (χ1) is 14.9. The first-order valence-corrected chi connectivity index (χ1v) is 10.9. The number of hydrogen-bond acceptors (Lipinski definition) is 5. The van der Waals surface area contributed by atoms with Crippen molar-refractivity contribution in [1.29, 1.82) is 0 Å². The highest BCUT2D eigenvalue weighted by Crippen LogP contribution is 2.31. The van der Waals surface area contributed by atoms with Crippen LogP contribution < -0.4 is 16.8 Å². The number of hydrogen-bond donors (Lipinski definition) is 3. The summed E-state index contributed by atoms with van der Waals surface area (Å²) in [6, 6.07) is 13.8. The summed E-state index contributed by atoms with van der Waals surface area (Å²) in [6.07, 6.45) is 2.55. The van der Waals surface area contributed by atoms with E-state index in [1.165, 1.54) is 0 Å². The van der Waals surface area contributed by atoms with Crippen LogP contribution >= 0.6 is 0 Å². The number of nitrogens with zero attached hydrogens (tertiary/aromatic N) is 2. The molecule has 1 aliphatic heterocycles. The van der Waals surface area contributed by atoms with Gasteiger partial charge in [-0.1, -0.05) is 24.3 Å². The fourth-order valence-electron chi connectivity index (χ4n) is 4.35. The molecule has 2 fully saturated rings. The molecule has 2 aromatic rings. The summed E-state index contributed by atoms with van der Waals surface area (Å²) in [5, 5.41) is 3.18. The minimum atomic E-state index is -0.669. The van der Waals surface area contributed by atoms with E-state index >= 15 is 0 Å². The highest BCUT2D eigenvalue weighted by molar-refractivity contribution is 5.95. The van der Waals surface area contributed by atoms with Gasteiger partial charge in [-0.05, 0) is 54.2 Å². The van der Waals surface area contributed by atoms with Crippen molar-refractivity contribution in [2.24, 2.45) is 11.5 Å². The van der Waals surface area contributed by atoms with Crippen molar-refractivity contribution in [2.75, 3.05) is 38.5 Å². The normalized spacial score (nSPS) is 17.8. The first-order valence-electron chi connectivity index (χ1n) is 10.9. The largest absolute Gasteiger partial charge is 0.388 e. The lowest BCUT2D eigenvalue weighted by molar-refractivity contribution is -0.141. The van der Waals surface area contributed by atoms with Gasteiger partial charge in [-0.2, -0.15) is 0 Å². The molecular weight excluding hydrogens is 390 g/mol. The van der Waals surface area contributed by atoms with E-state index in [0.29, 0.717) is 38.3 Å². The summed E-state index contributed by atoms with van der Waals surface area (Å²) >= 11 is 0. The fraction of sp³-hybridized carbons (Fsp3) is 0.417. The Kier molecular flexibility index (Phi) is 5.98. The molecule has 0 bridgehead atoms. The van der Waals surface area contributed by atoms with E-state index in [1.807, 2.05) is 53.2 Å². The van der Waals surface area contributed by atoms with E-state index in [1.54, 1.807) is 0 Å². The lowest BCUT2D eigenvalue weighted by atomic mass is 9.76. The van der Waals surface area contributed by atoms with Crippen molar-refractivity contribution >= 4 is 17.5 Å². The number of benzene rings is 2. The Bertz CT molecular complexity index is 960. The molecule has 0 radical (unpaired) electrons. The number of amides is 2. The van der Waals surface area contributed by atoms with Gasteiger partial charge in [-0.15, -0.1) is 0 Å². The predicted molar refractivity (Wildman–Crippen MR) is 123 cm³/mol. The predicted octanol–water partition coefficient (Wildman–Crippen LogP) is 2.02. The zero-order valence-corrected chi connectivity index (χ0v) is 18.1. The van der Waals surface area contributed by atoms with Gasteiger partial charge in [0.15, 0.2) is 0 Å². The third-order valence-corrected chi connectivity index (χ3v) is 6.59. The van der Waals surface area contributed by atoms with Gasteiger partial charge in [0.1, 0.15) is 0 Å². The van der Waals surface area contributed by atoms with E-state index in [0.717, 1.165) is 41.6 Å². The van der Waals surface area contributed by atoms with Crippen molar-refractivity contribution in [1.82, 2.24) is 9.80 Å². The maximum Gasteiger partial charge on any atom is 0.253 e. The molecule has 7 nitrogen and oxygen atoms in total. The lowest BCUT2D eigenvalue weighted by Crippen LogP contribution is -2.62. The average Bonchev–Trinajstić information content (AvgIpc) is 2.81. The van der Waals surface area contributed by atoms with Crippen molar-refractivity contribution in [2.45, 2.75) is 31.3 Å². The molecular formula is C24H31N5O2. The summed E-state index contributed by atoms with van der Waals surface area (Å²) in [5.74, 6) is 0.0379. The molecule has 1 saturated heterocycles. The van der Waals surface area contributed by atoms with Crippen LogP contribution in [0.5, 0.6) is 0 Å². The Hall–Kier alpha value is -2.90. The van der Waals surface area contributed by atoms with Crippen molar-refractivity contribution in [3.05, 3.63) is 53.6 Å². The Balaban J connectivity index is 1.39. The van der Waals surface area contributed by atoms with Crippen LogP contribution in [-0.4, -0.2) is 60.4 Å². The average molecular weight is 422 g/mol. The number of carbonyl (C=O) groups is 2. The van der Waals surface area contributed by atoms with Gasteiger partial charge in [0.2, 0.25) is 5.91 Å². The molecule has 0 unspecified atom stereocenters. The van der Waals surface area contributed by atoms with Crippen LogP contribution in [0, 0.1) is 0 Å². The van der Waals surface area contributed by atoms with Crippen LogP contribution in [0.2, 0.25) is 0 Å². The Morgan fingerprint density at radius 2 is 1.58 bits per heavy atom. The summed E-state index contributed by atoms with van der Waals surface area (Å²) < 4.78 is 0. The van der Waals surface area contributed by atoms with Crippen LogP contribution in [0.25, 0.3) is 11.1 Å². The quantitative estimate of drug-likeness (QED) is 0.685. The van der Waals surface area contributed by atoms with E-state index in [2.05, 4.69) is 11.4 Å². The standard InChI is InChI=1S/C24H31N5O2/c1-27-21-15-19(7-8-20(21)16-25)17-3-5-18(6-4-17)22(30)28-11-13-29(14-12-28)23(31)24(26)9-2-10-24/h3-8,15,27H,2,9-14,16,25-26H2,1H3. The van der Waals surface area contributed by atoms with Gasteiger partial charge in [0, 0.05) is 51.0 Å². The van der Waals surface area contributed by atoms with Gasteiger partial charge in [-0.3, -0.25) is 9.59 Å². The van der Waals surface area contributed by atoms with Gasteiger partial charge in [-0.25, -0.2) is 0 Å². The molecule has 0 atom stereocenters. The topological polar surface area (TPSA) is 105 Å². The van der Waals surface area contributed by atoms with Gasteiger partial charge in [0.25, 0.3) is 5.91 Å². The van der Waals surface area contributed by atoms with Crippen molar-refractivity contribution in [3.63, 3.8) is 0 Å². The van der Waals surface area contributed by atoms with Crippen LogP contribution in [-0.2, 0) is 11.3 Å². The molecule has 2 aliphatic rings. The second kappa shape index (κ2) is 8.69. The number of anilines is 1. The van der Waals surface area contributed by atoms with E-state index in [4.69, 9.17) is 11.5 Å². The molecule has 5 N–H and O–H groups in total. The highest BCUT2D eigenvalue weighted by atomic mass is 16.2. The Labute approximate surface area is 183 Å². The Morgan fingerprint density at radius 1 is 0.968 bits per heavy atom. The summed E-state index contributed by atoms with van der Waals surface area (Å²) in [4.78, 5) is 29.2. The van der Waals surface area contributed by atoms with E-state index in [-0.39, 0.29) is 11.8 Å². The Morgan fingerprint density at radius 3 is 2.13 bits per heavy atom. The minimum Gasteiger partial charge on any atom is -0.388 e. The molecule has 7 heteroatoms. The molecule has 164 valence electrons. The smallest absolute Gasteiger partial charge is 0.253 e.